The molecular formula is C42H70O6. The molecule has 6 heteroatoms. The van der Waals surface area contributed by atoms with E-state index in [4.69, 9.17) is 9.47 Å². The maximum atomic E-state index is 12.0. The monoisotopic (exact) mass is 671 g/mol. The quantitative estimate of drug-likeness (QED) is 0.0320. The molecular weight excluding hydrogens is 600 g/mol. The molecule has 48 heavy (non-hydrogen) atoms. The van der Waals surface area contributed by atoms with Gasteiger partial charge in [0.05, 0.1) is 6.10 Å². The highest BCUT2D eigenvalue weighted by molar-refractivity contribution is 5.69. The lowest BCUT2D eigenvalue weighted by Crippen LogP contribution is -2.25. The molecule has 0 fully saturated rings. The molecule has 2 unspecified atom stereocenters. The first-order valence-corrected chi connectivity index (χ1v) is 19.0. The molecule has 0 saturated heterocycles. The van der Waals surface area contributed by atoms with Gasteiger partial charge < -0.3 is 19.7 Å². The first-order chi connectivity index (χ1) is 23.4. The number of hydrogen-bond acceptors (Lipinski definition) is 6. The van der Waals surface area contributed by atoms with Gasteiger partial charge in [-0.2, -0.15) is 0 Å². The minimum absolute atomic E-state index is 0.0298. The van der Waals surface area contributed by atoms with Gasteiger partial charge in [0, 0.05) is 12.8 Å². The number of carbonyl (C=O) groups excluding carboxylic acids is 2. The molecule has 0 radical (unpaired) electrons. The summed E-state index contributed by atoms with van der Waals surface area (Å²) in [6.45, 7) is 6.31. The van der Waals surface area contributed by atoms with Crippen LogP contribution in [0.3, 0.4) is 0 Å². The van der Waals surface area contributed by atoms with Crippen LogP contribution in [0.2, 0.25) is 0 Å². The van der Waals surface area contributed by atoms with E-state index in [0.717, 1.165) is 57.3 Å². The van der Waals surface area contributed by atoms with Gasteiger partial charge in [0.2, 0.25) is 0 Å². The van der Waals surface area contributed by atoms with Crippen molar-refractivity contribution in [2.45, 2.75) is 161 Å². The van der Waals surface area contributed by atoms with E-state index >= 15 is 0 Å². The highest BCUT2D eigenvalue weighted by Gasteiger charge is 2.13. The van der Waals surface area contributed by atoms with Crippen molar-refractivity contribution in [1.82, 2.24) is 0 Å². The SMILES string of the molecule is CC/C=C\C/C=C\C/C=C\C/C=C\C/C=C\C=C/C(O)CCC(=O)OC[C@H](O)COC(=O)CCCCCCCCCCCCC(C)CC. The van der Waals surface area contributed by atoms with Crippen LogP contribution < -0.4 is 0 Å². The molecule has 2 N–H and O–H groups in total. The predicted molar refractivity (Wildman–Crippen MR) is 202 cm³/mol. The summed E-state index contributed by atoms with van der Waals surface area (Å²) in [4.78, 5) is 23.9. The summed E-state index contributed by atoms with van der Waals surface area (Å²) >= 11 is 0. The van der Waals surface area contributed by atoms with Crippen LogP contribution in [0, 0.1) is 5.92 Å². The summed E-state index contributed by atoms with van der Waals surface area (Å²) < 4.78 is 10.2. The fraction of sp³-hybridized carbons (Fsp3) is 0.667. The number of unbranched alkanes of at least 4 members (excludes halogenated alkanes) is 9. The zero-order valence-electron chi connectivity index (χ0n) is 30.7. The van der Waals surface area contributed by atoms with Crippen molar-refractivity contribution in [2.75, 3.05) is 13.2 Å². The van der Waals surface area contributed by atoms with E-state index in [2.05, 4.69) is 69.4 Å². The molecule has 0 aromatic heterocycles. The zero-order chi connectivity index (χ0) is 35.3. The maximum Gasteiger partial charge on any atom is 0.305 e. The minimum Gasteiger partial charge on any atom is -0.463 e. The van der Waals surface area contributed by atoms with E-state index in [1.807, 2.05) is 12.2 Å². The molecule has 0 aliphatic carbocycles. The highest BCUT2D eigenvalue weighted by Crippen LogP contribution is 2.15. The van der Waals surface area contributed by atoms with Crippen molar-refractivity contribution in [3.8, 4) is 0 Å². The topological polar surface area (TPSA) is 93.1 Å². The van der Waals surface area contributed by atoms with Gasteiger partial charge in [0.15, 0.2) is 0 Å². The fourth-order valence-corrected chi connectivity index (χ4v) is 4.82. The van der Waals surface area contributed by atoms with Crippen molar-refractivity contribution in [3.05, 3.63) is 72.9 Å². The van der Waals surface area contributed by atoms with Gasteiger partial charge in [-0.3, -0.25) is 9.59 Å². The molecule has 0 bridgehead atoms. The lowest BCUT2D eigenvalue weighted by molar-refractivity contribution is -0.152. The van der Waals surface area contributed by atoms with E-state index in [1.165, 1.54) is 57.8 Å². The Morgan fingerprint density at radius 2 is 1.02 bits per heavy atom. The Morgan fingerprint density at radius 1 is 0.562 bits per heavy atom. The molecule has 0 heterocycles. The van der Waals surface area contributed by atoms with Gasteiger partial charge in [-0.25, -0.2) is 0 Å². The Morgan fingerprint density at radius 3 is 1.54 bits per heavy atom. The summed E-state index contributed by atoms with van der Waals surface area (Å²) in [5.74, 6) is 0.0221. The van der Waals surface area contributed by atoms with Crippen LogP contribution in [-0.4, -0.2) is 47.6 Å². The van der Waals surface area contributed by atoms with Gasteiger partial charge in [-0.05, 0) is 50.9 Å². The molecule has 0 aliphatic heterocycles. The number of hydrogen-bond donors (Lipinski definition) is 2. The number of allylic oxidation sites excluding steroid dienone is 11. The van der Waals surface area contributed by atoms with Gasteiger partial charge in [-0.1, -0.05) is 164 Å². The van der Waals surface area contributed by atoms with Crippen LogP contribution in [0.15, 0.2) is 72.9 Å². The highest BCUT2D eigenvalue weighted by atomic mass is 16.6. The van der Waals surface area contributed by atoms with Crippen molar-refractivity contribution in [1.29, 1.82) is 0 Å². The second kappa shape index (κ2) is 35.6. The molecule has 0 spiro atoms. The largest absolute Gasteiger partial charge is 0.463 e. The van der Waals surface area contributed by atoms with Crippen molar-refractivity contribution >= 4 is 11.9 Å². The van der Waals surface area contributed by atoms with Crippen LogP contribution in [0.25, 0.3) is 0 Å². The Kier molecular flexibility index (Phi) is 33.6. The molecule has 0 aliphatic rings. The molecule has 0 rings (SSSR count). The van der Waals surface area contributed by atoms with E-state index < -0.39 is 18.2 Å². The van der Waals surface area contributed by atoms with Crippen molar-refractivity contribution in [3.63, 3.8) is 0 Å². The lowest BCUT2D eigenvalue weighted by Gasteiger charge is -2.12. The van der Waals surface area contributed by atoms with E-state index in [1.54, 1.807) is 12.2 Å². The van der Waals surface area contributed by atoms with E-state index in [-0.39, 0.29) is 32.0 Å². The average Bonchev–Trinajstić information content (AvgIpc) is 3.08. The minimum atomic E-state index is -1.06. The van der Waals surface area contributed by atoms with Crippen LogP contribution in [-0.2, 0) is 19.1 Å². The lowest BCUT2D eigenvalue weighted by atomic mass is 9.99. The van der Waals surface area contributed by atoms with Gasteiger partial charge in [0.25, 0.3) is 0 Å². The Bertz CT molecular complexity index is 928. The van der Waals surface area contributed by atoms with Crippen LogP contribution in [0.4, 0.5) is 0 Å². The Balaban J connectivity index is 3.72. The molecule has 274 valence electrons. The first-order valence-electron chi connectivity index (χ1n) is 19.0. The summed E-state index contributed by atoms with van der Waals surface area (Å²) in [7, 11) is 0. The first kappa shape index (κ1) is 45.3. The Labute approximate surface area is 294 Å². The maximum absolute atomic E-state index is 12.0. The third-order valence-corrected chi connectivity index (χ3v) is 8.11. The summed E-state index contributed by atoms with van der Waals surface area (Å²) in [5, 5.41) is 20.1. The van der Waals surface area contributed by atoms with Gasteiger partial charge in [0.1, 0.15) is 19.3 Å². The van der Waals surface area contributed by atoms with Crippen molar-refractivity contribution < 1.29 is 29.3 Å². The van der Waals surface area contributed by atoms with E-state index in [9.17, 15) is 19.8 Å². The van der Waals surface area contributed by atoms with E-state index in [0.29, 0.717) is 6.42 Å². The number of carbonyl (C=O) groups is 2. The van der Waals surface area contributed by atoms with Crippen LogP contribution >= 0.6 is 0 Å². The van der Waals surface area contributed by atoms with Crippen LogP contribution in [0.5, 0.6) is 0 Å². The third kappa shape index (κ3) is 34.6. The summed E-state index contributed by atoms with van der Waals surface area (Å²) in [6, 6.07) is 0. The molecule has 0 aromatic rings. The van der Waals surface area contributed by atoms with Gasteiger partial charge in [-0.15, -0.1) is 0 Å². The normalized spacial score (nSPS) is 14.4. The van der Waals surface area contributed by atoms with Crippen LogP contribution in [0.1, 0.15) is 149 Å². The smallest absolute Gasteiger partial charge is 0.305 e. The van der Waals surface area contributed by atoms with Crippen molar-refractivity contribution in [2.24, 2.45) is 5.92 Å². The molecule has 6 nitrogen and oxygen atoms in total. The molecule has 0 saturated carbocycles. The average molecular weight is 671 g/mol. The standard InChI is InChI=1S/C42H70O6/c1-4-6-7-8-9-10-11-12-13-14-15-16-20-23-26-29-32-39(43)34-35-42(46)48-37-40(44)36-47-41(45)33-30-27-24-21-18-17-19-22-25-28-31-38(3)5-2/h6-7,9-10,12-13,15-16,23,26,29,32,38-40,43-44H,4-5,8,11,14,17-22,24-25,27-28,30-31,33-37H2,1-3H3/b7-6-,10-9-,13-12-,16-15-,26-23-,32-29-/t38?,39?,40-/m1/s1. The molecule has 0 amide bonds. The summed E-state index contributed by atoms with van der Waals surface area (Å²) in [5.41, 5.74) is 0. The number of ether oxygens (including phenoxy) is 2. The molecule has 0 aromatic carbocycles. The number of aliphatic hydroxyl groups is 2. The third-order valence-electron chi connectivity index (χ3n) is 8.11. The second-order valence-corrected chi connectivity index (χ2v) is 12.8. The van der Waals surface area contributed by atoms with Gasteiger partial charge >= 0.3 is 11.9 Å². The second-order valence-electron chi connectivity index (χ2n) is 12.8. The predicted octanol–water partition coefficient (Wildman–Crippen LogP) is 10.6. The number of esters is 2. The number of rotatable bonds is 32. The zero-order valence-corrected chi connectivity index (χ0v) is 30.7. The molecule has 3 atom stereocenters. The fourth-order valence-electron chi connectivity index (χ4n) is 4.82. The summed E-state index contributed by atoms with van der Waals surface area (Å²) in [6.07, 6.45) is 42.8. The number of aliphatic hydroxyl groups excluding tert-OH is 2. The Hall–Kier alpha value is -2.70.